The van der Waals surface area contributed by atoms with Crippen LogP contribution >= 0.6 is 0 Å². The topological polar surface area (TPSA) is 29.1 Å². The number of hydrogen-bond acceptors (Lipinski definition) is 1. The molecule has 2 nitrogen and oxygen atoms in total. The lowest BCUT2D eigenvalue weighted by molar-refractivity contribution is -0.112. The number of hydrogen-bond donors (Lipinski definition) is 1. The first kappa shape index (κ1) is 9.90. The summed E-state index contributed by atoms with van der Waals surface area (Å²) in [6.45, 7) is 0. The maximum atomic E-state index is 12.8. The second-order valence-electron chi connectivity index (χ2n) is 3.66. The molecule has 1 aromatic rings. The number of amides is 1. The zero-order valence-corrected chi connectivity index (χ0v) is 8.29. The average Bonchev–Trinajstić information content (AvgIpc) is 2.11. The SMILES string of the molecule is O=C(C=C1CCC1)Nc1cccc(F)c1. The highest BCUT2D eigenvalue weighted by Crippen LogP contribution is 2.24. The number of carbonyl (C=O) groups excluding carboxylic acids is 1. The van der Waals surface area contributed by atoms with Gasteiger partial charge in [0.25, 0.3) is 0 Å². The summed E-state index contributed by atoms with van der Waals surface area (Å²) in [5.74, 6) is -0.514. The lowest BCUT2D eigenvalue weighted by atomic mass is 9.92. The van der Waals surface area contributed by atoms with Crippen LogP contribution in [0.15, 0.2) is 35.9 Å². The van der Waals surface area contributed by atoms with Crippen molar-refractivity contribution in [3.05, 3.63) is 41.7 Å². The van der Waals surface area contributed by atoms with Crippen LogP contribution < -0.4 is 5.32 Å². The maximum Gasteiger partial charge on any atom is 0.248 e. The van der Waals surface area contributed by atoms with E-state index in [4.69, 9.17) is 0 Å². The summed E-state index contributed by atoms with van der Waals surface area (Å²) >= 11 is 0. The highest BCUT2D eigenvalue weighted by Gasteiger charge is 2.10. The molecule has 0 bridgehead atoms. The van der Waals surface area contributed by atoms with Gasteiger partial charge in [-0.3, -0.25) is 4.79 Å². The first-order chi connectivity index (χ1) is 7.24. The predicted octanol–water partition coefficient (Wildman–Crippen LogP) is 2.87. The molecule has 0 aromatic heterocycles. The number of rotatable bonds is 2. The van der Waals surface area contributed by atoms with Gasteiger partial charge in [-0.15, -0.1) is 0 Å². The second-order valence-corrected chi connectivity index (χ2v) is 3.66. The van der Waals surface area contributed by atoms with Gasteiger partial charge in [0, 0.05) is 11.8 Å². The van der Waals surface area contributed by atoms with E-state index in [-0.39, 0.29) is 11.7 Å². The Kier molecular flexibility index (Phi) is 2.81. The number of carbonyl (C=O) groups is 1. The minimum Gasteiger partial charge on any atom is -0.322 e. The van der Waals surface area contributed by atoms with E-state index in [0.29, 0.717) is 5.69 Å². The van der Waals surface area contributed by atoms with Gasteiger partial charge in [0.1, 0.15) is 5.82 Å². The molecule has 1 N–H and O–H groups in total. The quantitative estimate of drug-likeness (QED) is 0.739. The summed E-state index contributed by atoms with van der Waals surface area (Å²) in [5.41, 5.74) is 1.67. The molecule has 1 aliphatic rings. The smallest absolute Gasteiger partial charge is 0.248 e. The minimum absolute atomic E-state index is 0.171. The fourth-order valence-corrected chi connectivity index (χ4v) is 1.46. The van der Waals surface area contributed by atoms with Crippen LogP contribution in [0.5, 0.6) is 0 Å². The number of allylic oxidation sites excluding steroid dienone is 1. The van der Waals surface area contributed by atoms with E-state index < -0.39 is 0 Å². The molecule has 0 unspecified atom stereocenters. The zero-order valence-electron chi connectivity index (χ0n) is 8.29. The van der Waals surface area contributed by atoms with Crippen LogP contribution in [0.1, 0.15) is 19.3 Å². The summed E-state index contributed by atoms with van der Waals surface area (Å²) in [7, 11) is 0. The maximum absolute atomic E-state index is 12.8. The number of benzene rings is 1. The zero-order chi connectivity index (χ0) is 10.7. The van der Waals surface area contributed by atoms with E-state index in [2.05, 4.69) is 5.32 Å². The molecule has 0 saturated heterocycles. The van der Waals surface area contributed by atoms with E-state index in [0.717, 1.165) is 12.8 Å². The molecule has 3 heteroatoms. The van der Waals surface area contributed by atoms with Crippen LogP contribution in [0.25, 0.3) is 0 Å². The Morgan fingerprint density at radius 3 is 2.80 bits per heavy atom. The molecule has 1 aliphatic carbocycles. The van der Waals surface area contributed by atoms with Crippen LogP contribution in [-0.4, -0.2) is 5.91 Å². The lowest BCUT2D eigenvalue weighted by Crippen LogP contribution is -2.11. The predicted molar refractivity (Wildman–Crippen MR) is 57.0 cm³/mol. The van der Waals surface area contributed by atoms with E-state index in [9.17, 15) is 9.18 Å². The second kappa shape index (κ2) is 4.26. The molecule has 78 valence electrons. The van der Waals surface area contributed by atoms with Gasteiger partial charge in [0.15, 0.2) is 0 Å². The van der Waals surface area contributed by atoms with Gasteiger partial charge in [0.05, 0.1) is 0 Å². The molecular formula is C12H12FNO. The Balaban J connectivity index is 1.99. The van der Waals surface area contributed by atoms with Gasteiger partial charge in [0.2, 0.25) is 5.91 Å². The summed E-state index contributed by atoms with van der Waals surface area (Å²) in [4.78, 5) is 11.4. The lowest BCUT2D eigenvalue weighted by Gasteiger charge is -2.15. The normalized spacial score (nSPS) is 14.3. The van der Waals surface area contributed by atoms with Crippen LogP contribution in [-0.2, 0) is 4.79 Å². The summed E-state index contributed by atoms with van der Waals surface area (Å²) in [6, 6.07) is 5.89. The molecule has 0 heterocycles. The summed E-state index contributed by atoms with van der Waals surface area (Å²) in [5, 5.41) is 2.63. The minimum atomic E-state index is -0.343. The molecule has 2 rings (SSSR count). The number of nitrogens with one attached hydrogen (secondary N) is 1. The van der Waals surface area contributed by atoms with E-state index >= 15 is 0 Å². The molecule has 0 radical (unpaired) electrons. The van der Waals surface area contributed by atoms with Crippen molar-refractivity contribution in [2.45, 2.75) is 19.3 Å². The summed E-state index contributed by atoms with van der Waals surface area (Å²) < 4.78 is 12.8. The molecule has 1 fully saturated rings. The number of anilines is 1. The van der Waals surface area contributed by atoms with E-state index in [1.165, 1.54) is 24.1 Å². The van der Waals surface area contributed by atoms with E-state index in [1.807, 2.05) is 0 Å². The van der Waals surface area contributed by atoms with Crippen molar-refractivity contribution in [3.63, 3.8) is 0 Å². The first-order valence-corrected chi connectivity index (χ1v) is 5.00. The van der Waals surface area contributed by atoms with Crippen molar-refractivity contribution in [2.75, 3.05) is 5.32 Å². The monoisotopic (exact) mass is 205 g/mol. The average molecular weight is 205 g/mol. The van der Waals surface area contributed by atoms with Gasteiger partial charge in [-0.25, -0.2) is 4.39 Å². The highest BCUT2D eigenvalue weighted by molar-refractivity contribution is 5.99. The van der Waals surface area contributed by atoms with Crippen molar-refractivity contribution >= 4 is 11.6 Å². The highest BCUT2D eigenvalue weighted by atomic mass is 19.1. The molecular weight excluding hydrogens is 193 g/mol. The largest absolute Gasteiger partial charge is 0.322 e. The van der Waals surface area contributed by atoms with Crippen LogP contribution in [0.4, 0.5) is 10.1 Å². The van der Waals surface area contributed by atoms with Gasteiger partial charge in [-0.05, 0) is 37.5 Å². The molecule has 15 heavy (non-hydrogen) atoms. The van der Waals surface area contributed by atoms with Gasteiger partial charge in [-0.1, -0.05) is 11.6 Å². The standard InChI is InChI=1S/C12H12FNO/c13-10-5-2-6-11(8-10)14-12(15)7-9-3-1-4-9/h2,5-8H,1,3-4H2,(H,14,15). The fourth-order valence-electron chi connectivity index (χ4n) is 1.46. The molecule has 1 amide bonds. The van der Waals surface area contributed by atoms with Crippen LogP contribution in [0.3, 0.4) is 0 Å². The van der Waals surface area contributed by atoms with Crippen LogP contribution in [0.2, 0.25) is 0 Å². The van der Waals surface area contributed by atoms with Crippen molar-refractivity contribution in [1.82, 2.24) is 0 Å². The molecule has 0 aliphatic heterocycles. The van der Waals surface area contributed by atoms with Crippen molar-refractivity contribution in [1.29, 1.82) is 0 Å². The third-order valence-electron chi connectivity index (χ3n) is 2.42. The first-order valence-electron chi connectivity index (χ1n) is 5.00. The molecule has 1 aromatic carbocycles. The van der Waals surface area contributed by atoms with Crippen LogP contribution in [0, 0.1) is 5.82 Å². The van der Waals surface area contributed by atoms with Gasteiger partial charge >= 0.3 is 0 Å². The Hall–Kier alpha value is -1.64. The molecule has 0 spiro atoms. The summed E-state index contributed by atoms with van der Waals surface area (Å²) in [6.07, 6.45) is 4.79. The Morgan fingerprint density at radius 2 is 2.20 bits per heavy atom. The number of halogens is 1. The van der Waals surface area contributed by atoms with Crippen molar-refractivity contribution in [3.8, 4) is 0 Å². The molecule has 0 atom stereocenters. The molecule has 1 saturated carbocycles. The van der Waals surface area contributed by atoms with E-state index in [1.54, 1.807) is 18.2 Å². The Bertz CT molecular complexity index is 406. The van der Waals surface area contributed by atoms with Crippen molar-refractivity contribution < 1.29 is 9.18 Å². The third-order valence-corrected chi connectivity index (χ3v) is 2.42. The van der Waals surface area contributed by atoms with Crippen molar-refractivity contribution in [2.24, 2.45) is 0 Å². The van der Waals surface area contributed by atoms with Gasteiger partial charge < -0.3 is 5.32 Å². The Labute approximate surface area is 87.8 Å². The third kappa shape index (κ3) is 2.65. The fraction of sp³-hybridized carbons (Fsp3) is 0.250. The van der Waals surface area contributed by atoms with Gasteiger partial charge in [-0.2, -0.15) is 0 Å². The Morgan fingerprint density at radius 1 is 1.40 bits per heavy atom.